The van der Waals surface area contributed by atoms with Crippen molar-refractivity contribution < 1.29 is 14.3 Å². The van der Waals surface area contributed by atoms with Crippen LogP contribution in [0.5, 0.6) is 0 Å². The van der Waals surface area contributed by atoms with E-state index in [2.05, 4.69) is 42.5 Å². The van der Waals surface area contributed by atoms with Crippen LogP contribution in [0.2, 0.25) is 0 Å². The molecule has 2 aromatic rings. The van der Waals surface area contributed by atoms with Gasteiger partial charge in [-0.25, -0.2) is 4.79 Å². The Morgan fingerprint density at radius 3 is 2.52 bits per heavy atom. The van der Waals surface area contributed by atoms with Crippen LogP contribution in [0.1, 0.15) is 37.4 Å². The summed E-state index contributed by atoms with van der Waals surface area (Å²) in [6.07, 6.45) is 0. The maximum Gasteiger partial charge on any atom is 0.341 e. The Labute approximate surface area is 175 Å². The Balaban J connectivity index is 2.14. The molecule has 0 saturated carbocycles. The summed E-state index contributed by atoms with van der Waals surface area (Å²) >= 11 is 14.6. The quantitative estimate of drug-likeness (QED) is 0.421. The van der Waals surface area contributed by atoms with E-state index in [1.807, 2.05) is 13.8 Å². The van der Waals surface area contributed by atoms with E-state index >= 15 is 0 Å². The summed E-state index contributed by atoms with van der Waals surface area (Å²) in [5, 5.41) is 6.23. The van der Waals surface area contributed by atoms with Crippen LogP contribution in [-0.4, -0.2) is 23.6 Å². The van der Waals surface area contributed by atoms with E-state index in [1.165, 1.54) is 22.7 Å². The van der Waals surface area contributed by atoms with E-state index in [0.29, 0.717) is 15.4 Å². The maximum absolute atomic E-state index is 12.2. The first kappa shape index (κ1) is 20.5. The number of carbonyl (C=O) groups is 2. The lowest BCUT2D eigenvalue weighted by Crippen LogP contribution is -2.33. The number of ether oxygens (including phenoxy) is 1. The van der Waals surface area contributed by atoms with E-state index < -0.39 is 5.97 Å². The molecule has 10 heteroatoms. The van der Waals surface area contributed by atoms with Gasteiger partial charge < -0.3 is 10.1 Å². The van der Waals surface area contributed by atoms with Crippen molar-refractivity contribution in [2.24, 2.45) is 0 Å². The SMILES string of the molecule is CCOC(=O)c1c(NC(=S)NC(=O)c2cc(Br)c(Br)s2)sc(C)c1C. The van der Waals surface area contributed by atoms with Crippen LogP contribution in [0.15, 0.2) is 14.3 Å². The highest BCUT2D eigenvalue weighted by atomic mass is 79.9. The number of halogens is 2. The van der Waals surface area contributed by atoms with Crippen LogP contribution < -0.4 is 10.6 Å². The molecule has 1 amide bonds. The third-order valence-corrected chi connectivity index (χ3v) is 7.77. The van der Waals surface area contributed by atoms with Crippen LogP contribution >= 0.6 is 66.8 Å². The molecule has 0 fully saturated rings. The highest BCUT2D eigenvalue weighted by Crippen LogP contribution is 2.34. The minimum Gasteiger partial charge on any atom is -0.462 e. The molecule has 134 valence electrons. The zero-order valence-electron chi connectivity index (χ0n) is 13.5. The van der Waals surface area contributed by atoms with Gasteiger partial charge in [-0.05, 0) is 76.5 Å². The summed E-state index contributed by atoms with van der Waals surface area (Å²) in [6, 6.07) is 1.70. The summed E-state index contributed by atoms with van der Waals surface area (Å²) in [5.41, 5.74) is 1.29. The predicted octanol–water partition coefficient (Wildman–Crippen LogP) is 5.25. The van der Waals surface area contributed by atoms with E-state index in [-0.39, 0.29) is 17.6 Å². The van der Waals surface area contributed by atoms with Crippen molar-refractivity contribution in [2.75, 3.05) is 11.9 Å². The van der Waals surface area contributed by atoms with Gasteiger partial charge in [-0.3, -0.25) is 10.1 Å². The molecule has 0 unspecified atom stereocenters. The summed E-state index contributed by atoms with van der Waals surface area (Å²) < 4.78 is 6.73. The molecule has 2 rings (SSSR count). The van der Waals surface area contributed by atoms with Gasteiger partial charge in [-0.1, -0.05) is 0 Å². The Bertz CT molecular complexity index is 826. The standard InChI is InChI=1S/C15H14Br2N2O3S3/c1-4-22-14(21)10-6(2)7(3)24-13(10)19-15(23)18-12(20)9-5-8(16)11(17)25-9/h5H,4H2,1-3H3,(H2,18,19,20,23). The lowest BCUT2D eigenvalue weighted by atomic mass is 10.1. The molecule has 2 aromatic heterocycles. The van der Waals surface area contributed by atoms with Crippen LogP contribution in [0.4, 0.5) is 5.00 Å². The van der Waals surface area contributed by atoms with Crippen LogP contribution in [-0.2, 0) is 4.74 Å². The molecular formula is C15H14Br2N2O3S3. The van der Waals surface area contributed by atoms with Crippen molar-refractivity contribution in [3.63, 3.8) is 0 Å². The fourth-order valence-electron chi connectivity index (χ4n) is 1.92. The first-order valence-corrected chi connectivity index (χ1v) is 10.7. The molecule has 5 nitrogen and oxygen atoms in total. The number of esters is 1. The minimum atomic E-state index is -0.410. The van der Waals surface area contributed by atoms with Crippen molar-refractivity contribution in [3.8, 4) is 0 Å². The molecule has 0 aromatic carbocycles. The number of anilines is 1. The molecule has 0 aliphatic carbocycles. The summed E-state index contributed by atoms with van der Waals surface area (Å²) in [5.74, 6) is -0.733. The predicted molar refractivity (Wildman–Crippen MR) is 113 cm³/mol. The van der Waals surface area contributed by atoms with Crippen LogP contribution in [0.25, 0.3) is 0 Å². The second-order valence-corrected chi connectivity index (χ2v) is 9.71. The Morgan fingerprint density at radius 2 is 1.96 bits per heavy atom. The third-order valence-electron chi connectivity index (χ3n) is 3.19. The van der Waals surface area contributed by atoms with Crippen molar-refractivity contribution in [1.82, 2.24) is 5.32 Å². The molecule has 0 aliphatic rings. The molecule has 0 spiro atoms. The fourth-order valence-corrected chi connectivity index (χ4v) is 5.16. The average Bonchev–Trinajstić information content (AvgIpc) is 2.99. The van der Waals surface area contributed by atoms with Gasteiger partial charge in [0.2, 0.25) is 0 Å². The zero-order chi connectivity index (χ0) is 18.7. The number of thiophene rings is 2. The van der Waals surface area contributed by atoms with Gasteiger partial charge in [-0.15, -0.1) is 22.7 Å². The number of amides is 1. The van der Waals surface area contributed by atoms with Crippen LogP contribution in [0, 0.1) is 13.8 Å². The molecule has 25 heavy (non-hydrogen) atoms. The zero-order valence-corrected chi connectivity index (χ0v) is 19.1. The van der Waals surface area contributed by atoms with Gasteiger partial charge in [0.25, 0.3) is 5.91 Å². The Morgan fingerprint density at radius 1 is 1.28 bits per heavy atom. The summed E-state index contributed by atoms with van der Waals surface area (Å²) in [7, 11) is 0. The van der Waals surface area contributed by atoms with Gasteiger partial charge in [0, 0.05) is 9.35 Å². The van der Waals surface area contributed by atoms with E-state index in [1.54, 1.807) is 13.0 Å². The average molecular weight is 526 g/mol. The normalized spacial score (nSPS) is 10.4. The molecular weight excluding hydrogens is 512 g/mol. The first-order chi connectivity index (χ1) is 11.7. The first-order valence-electron chi connectivity index (χ1n) is 7.08. The summed E-state index contributed by atoms with van der Waals surface area (Å²) in [4.78, 5) is 25.9. The molecule has 0 aliphatic heterocycles. The lowest BCUT2D eigenvalue weighted by molar-refractivity contribution is 0.0527. The number of hydrogen-bond acceptors (Lipinski definition) is 6. The van der Waals surface area contributed by atoms with Crippen LogP contribution in [0.3, 0.4) is 0 Å². The molecule has 2 N–H and O–H groups in total. The summed E-state index contributed by atoms with van der Waals surface area (Å²) in [6.45, 7) is 5.81. The van der Waals surface area contributed by atoms with E-state index in [4.69, 9.17) is 17.0 Å². The molecule has 2 heterocycles. The van der Waals surface area contributed by atoms with Crippen molar-refractivity contribution in [1.29, 1.82) is 0 Å². The highest BCUT2D eigenvalue weighted by molar-refractivity contribution is 9.13. The number of thiocarbonyl (C=S) groups is 1. The minimum absolute atomic E-state index is 0.123. The Kier molecular flexibility index (Phi) is 7.15. The van der Waals surface area contributed by atoms with E-state index in [0.717, 1.165) is 18.7 Å². The lowest BCUT2D eigenvalue weighted by Gasteiger charge is -2.09. The van der Waals surface area contributed by atoms with E-state index in [9.17, 15) is 9.59 Å². The number of carbonyl (C=O) groups excluding carboxylic acids is 2. The molecule has 0 saturated heterocycles. The topological polar surface area (TPSA) is 67.4 Å². The van der Waals surface area contributed by atoms with Gasteiger partial charge in [0.15, 0.2) is 5.11 Å². The second-order valence-electron chi connectivity index (χ2n) is 4.85. The van der Waals surface area contributed by atoms with Crippen molar-refractivity contribution in [3.05, 3.63) is 35.2 Å². The molecule has 0 radical (unpaired) electrons. The molecule has 0 atom stereocenters. The number of nitrogens with one attached hydrogen (secondary N) is 2. The smallest absolute Gasteiger partial charge is 0.341 e. The Hall–Kier alpha value is -0.810. The number of hydrogen-bond donors (Lipinski definition) is 2. The monoisotopic (exact) mass is 524 g/mol. The maximum atomic E-state index is 12.2. The molecule has 0 bridgehead atoms. The number of rotatable bonds is 4. The number of aryl methyl sites for hydroxylation is 1. The largest absolute Gasteiger partial charge is 0.462 e. The van der Waals surface area contributed by atoms with Crippen molar-refractivity contribution >= 4 is 88.7 Å². The van der Waals surface area contributed by atoms with Gasteiger partial charge in [0.05, 0.1) is 20.8 Å². The van der Waals surface area contributed by atoms with Gasteiger partial charge in [0.1, 0.15) is 5.00 Å². The highest BCUT2D eigenvalue weighted by Gasteiger charge is 2.22. The fraction of sp³-hybridized carbons (Fsp3) is 0.267. The third kappa shape index (κ3) is 4.88. The second kappa shape index (κ2) is 8.72. The van der Waals surface area contributed by atoms with Gasteiger partial charge >= 0.3 is 5.97 Å². The van der Waals surface area contributed by atoms with Crippen molar-refractivity contribution in [2.45, 2.75) is 20.8 Å². The van der Waals surface area contributed by atoms with Gasteiger partial charge in [-0.2, -0.15) is 0 Å².